The first-order chi connectivity index (χ1) is 9.04. The zero-order chi connectivity index (χ0) is 15.3. The van der Waals surface area contributed by atoms with Crippen molar-refractivity contribution in [2.24, 2.45) is 0 Å². The molecule has 2 rings (SSSR count). The lowest BCUT2D eigenvalue weighted by atomic mass is 9.82. The van der Waals surface area contributed by atoms with E-state index in [4.69, 9.17) is 0 Å². The smallest absolute Gasteiger partial charge is 0.337 e. The van der Waals surface area contributed by atoms with Gasteiger partial charge in [0.05, 0.1) is 11.3 Å². The number of hydrogen-bond donors (Lipinski definition) is 2. The van der Waals surface area contributed by atoms with Gasteiger partial charge in [-0.1, -0.05) is 27.7 Å². The topological polar surface area (TPSA) is 66.4 Å². The normalized spacial score (nSPS) is 18.4. The summed E-state index contributed by atoms with van der Waals surface area (Å²) in [4.78, 5) is 22.7. The summed E-state index contributed by atoms with van der Waals surface area (Å²) in [5.74, 6) is -1.28. The van der Waals surface area contributed by atoms with Crippen LogP contribution in [0.3, 0.4) is 0 Å². The molecule has 0 bridgehead atoms. The van der Waals surface area contributed by atoms with Gasteiger partial charge in [0.1, 0.15) is 0 Å². The molecule has 4 heteroatoms. The molecule has 0 atom stereocenters. The Morgan fingerprint density at radius 2 is 1.60 bits per heavy atom. The Balaban J connectivity index is 2.69. The second-order valence-corrected chi connectivity index (χ2v) is 6.87. The minimum absolute atomic E-state index is 0.0247. The van der Waals surface area contributed by atoms with E-state index in [-0.39, 0.29) is 22.3 Å². The maximum atomic E-state index is 11.4. The number of carbonyl (C=O) groups is 2. The summed E-state index contributed by atoms with van der Waals surface area (Å²) in [6.07, 6.45) is 0.956. The molecule has 0 saturated carbocycles. The lowest BCUT2D eigenvalue weighted by molar-refractivity contribution is -0.114. The van der Waals surface area contributed by atoms with Gasteiger partial charge in [0.25, 0.3) is 0 Å². The molecule has 0 aliphatic heterocycles. The number of nitrogens with one attached hydrogen (secondary N) is 1. The molecule has 1 aromatic rings. The summed E-state index contributed by atoms with van der Waals surface area (Å²) in [5.41, 5.74) is 2.64. The number of amides is 1. The van der Waals surface area contributed by atoms with Gasteiger partial charge in [0.15, 0.2) is 0 Å². The maximum Gasteiger partial charge on any atom is 0.337 e. The molecule has 0 radical (unpaired) electrons. The van der Waals surface area contributed by atoms with Crippen LogP contribution in [-0.4, -0.2) is 17.0 Å². The second-order valence-electron chi connectivity index (χ2n) is 6.87. The van der Waals surface area contributed by atoms with E-state index in [1.54, 1.807) is 6.07 Å². The van der Waals surface area contributed by atoms with Gasteiger partial charge in [0, 0.05) is 6.92 Å². The Kier molecular flexibility index (Phi) is 3.16. The van der Waals surface area contributed by atoms with Gasteiger partial charge in [-0.05, 0) is 40.5 Å². The highest BCUT2D eigenvalue weighted by Crippen LogP contribution is 2.50. The van der Waals surface area contributed by atoms with E-state index in [0.717, 1.165) is 17.5 Å². The standard InChI is InChI=1S/C16H21NO3/c1-9(18)17-13-7-12-11(6-10(13)14(19)20)15(2,3)8-16(12,4)5/h6-7H,8H2,1-5H3,(H,17,18)(H,19,20). The van der Waals surface area contributed by atoms with Crippen molar-refractivity contribution in [1.29, 1.82) is 0 Å². The van der Waals surface area contributed by atoms with Crippen LogP contribution < -0.4 is 5.32 Å². The van der Waals surface area contributed by atoms with Crippen molar-refractivity contribution in [2.75, 3.05) is 5.32 Å². The molecule has 20 heavy (non-hydrogen) atoms. The molecular weight excluding hydrogens is 254 g/mol. The van der Waals surface area contributed by atoms with Crippen LogP contribution in [0.4, 0.5) is 5.69 Å². The largest absolute Gasteiger partial charge is 0.478 e. The van der Waals surface area contributed by atoms with Gasteiger partial charge in [-0.3, -0.25) is 4.79 Å². The van der Waals surface area contributed by atoms with E-state index in [1.165, 1.54) is 6.92 Å². The average molecular weight is 275 g/mol. The van der Waals surface area contributed by atoms with Gasteiger partial charge in [-0.15, -0.1) is 0 Å². The molecule has 1 amide bonds. The van der Waals surface area contributed by atoms with Crippen molar-refractivity contribution >= 4 is 17.6 Å². The Labute approximate surface area is 119 Å². The molecule has 0 aromatic heterocycles. The molecule has 0 fully saturated rings. The first-order valence-electron chi connectivity index (χ1n) is 6.74. The van der Waals surface area contributed by atoms with Gasteiger partial charge in [0.2, 0.25) is 5.91 Å². The van der Waals surface area contributed by atoms with Crippen molar-refractivity contribution in [3.63, 3.8) is 0 Å². The number of anilines is 1. The van der Waals surface area contributed by atoms with E-state index in [1.807, 2.05) is 6.07 Å². The molecule has 0 saturated heterocycles. The highest BCUT2D eigenvalue weighted by atomic mass is 16.4. The lowest BCUT2D eigenvalue weighted by Gasteiger charge is -2.22. The highest BCUT2D eigenvalue weighted by molar-refractivity contribution is 6.00. The number of hydrogen-bond acceptors (Lipinski definition) is 2. The highest BCUT2D eigenvalue weighted by Gasteiger charge is 2.42. The van der Waals surface area contributed by atoms with Gasteiger partial charge in [-0.25, -0.2) is 4.79 Å². The summed E-state index contributed by atoms with van der Waals surface area (Å²) in [5, 5.41) is 12.0. The molecule has 1 aromatic carbocycles. The van der Waals surface area contributed by atoms with Crippen molar-refractivity contribution in [1.82, 2.24) is 0 Å². The Hall–Kier alpha value is -1.84. The van der Waals surface area contributed by atoms with Crippen molar-refractivity contribution < 1.29 is 14.7 Å². The fourth-order valence-electron chi connectivity index (χ4n) is 3.48. The molecule has 108 valence electrons. The zero-order valence-corrected chi connectivity index (χ0v) is 12.6. The Bertz CT molecular complexity index is 600. The van der Waals surface area contributed by atoms with Crippen LogP contribution in [0.5, 0.6) is 0 Å². The minimum Gasteiger partial charge on any atom is -0.478 e. The molecule has 0 unspecified atom stereocenters. The first kappa shape index (κ1) is 14.6. The van der Waals surface area contributed by atoms with Crippen molar-refractivity contribution in [3.8, 4) is 0 Å². The molecule has 0 spiro atoms. The molecule has 1 aliphatic rings. The fraction of sp³-hybridized carbons (Fsp3) is 0.500. The third kappa shape index (κ3) is 2.30. The van der Waals surface area contributed by atoms with E-state index < -0.39 is 5.97 Å². The molecule has 4 nitrogen and oxygen atoms in total. The van der Waals surface area contributed by atoms with E-state index in [0.29, 0.717) is 5.69 Å². The van der Waals surface area contributed by atoms with Gasteiger partial charge >= 0.3 is 5.97 Å². The molecule has 2 N–H and O–H groups in total. The zero-order valence-electron chi connectivity index (χ0n) is 12.6. The number of rotatable bonds is 2. The predicted molar refractivity (Wildman–Crippen MR) is 78.4 cm³/mol. The van der Waals surface area contributed by atoms with Crippen LogP contribution in [0.2, 0.25) is 0 Å². The quantitative estimate of drug-likeness (QED) is 0.870. The number of fused-ring (bicyclic) bond motifs is 1. The Morgan fingerprint density at radius 1 is 1.10 bits per heavy atom. The fourth-order valence-corrected chi connectivity index (χ4v) is 3.48. The first-order valence-corrected chi connectivity index (χ1v) is 6.74. The number of carboxylic acid groups (broad SMARTS) is 1. The van der Waals surface area contributed by atoms with Gasteiger partial charge in [-0.2, -0.15) is 0 Å². The number of carboxylic acids is 1. The van der Waals surface area contributed by atoms with Crippen LogP contribution in [-0.2, 0) is 15.6 Å². The average Bonchev–Trinajstić information content (AvgIpc) is 2.42. The summed E-state index contributed by atoms with van der Waals surface area (Å²) in [7, 11) is 0. The molecular formula is C16H21NO3. The van der Waals surface area contributed by atoms with Crippen LogP contribution in [0.25, 0.3) is 0 Å². The Morgan fingerprint density at radius 3 is 2.05 bits per heavy atom. The van der Waals surface area contributed by atoms with Crippen LogP contribution in [0, 0.1) is 0 Å². The van der Waals surface area contributed by atoms with Crippen molar-refractivity contribution in [2.45, 2.75) is 51.9 Å². The number of carbonyl (C=O) groups excluding carboxylic acids is 1. The van der Waals surface area contributed by atoms with E-state index >= 15 is 0 Å². The number of aromatic carboxylic acids is 1. The SMILES string of the molecule is CC(=O)Nc1cc2c(cc1C(=O)O)C(C)(C)CC2(C)C. The summed E-state index contributed by atoms with van der Waals surface area (Å²) < 4.78 is 0. The summed E-state index contributed by atoms with van der Waals surface area (Å²) in [6, 6.07) is 3.55. The van der Waals surface area contributed by atoms with Crippen molar-refractivity contribution in [3.05, 3.63) is 28.8 Å². The number of benzene rings is 1. The summed E-state index contributed by atoms with van der Waals surface area (Å²) in [6.45, 7) is 9.94. The second kappa shape index (κ2) is 4.33. The monoisotopic (exact) mass is 275 g/mol. The molecule has 0 heterocycles. The van der Waals surface area contributed by atoms with Crippen LogP contribution >= 0.6 is 0 Å². The van der Waals surface area contributed by atoms with E-state index in [2.05, 4.69) is 33.0 Å². The van der Waals surface area contributed by atoms with Crippen LogP contribution in [0.1, 0.15) is 62.5 Å². The van der Waals surface area contributed by atoms with Crippen LogP contribution in [0.15, 0.2) is 12.1 Å². The van der Waals surface area contributed by atoms with E-state index in [9.17, 15) is 14.7 Å². The van der Waals surface area contributed by atoms with Gasteiger partial charge < -0.3 is 10.4 Å². The lowest BCUT2D eigenvalue weighted by Crippen LogP contribution is -2.18. The molecule has 1 aliphatic carbocycles. The predicted octanol–water partition coefficient (Wildman–Crippen LogP) is 3.30. The summed E-state index contributed by atoms with van der Waals surface area (Å²) >= 11 is 0. The minimum atomic E-state index is -1.02. The third-order valence-corrected chi connectivity index (χ3v) is 4.04. The maximum absolute atomic E-state index is 11.4. The third-order valence-electron chi connectivity index (χ3n) is 4.04.